The summed E-state index contributed by atoms with van der Waals surface area (Å²) in [7, 11) is 2.24. The number of hydrogen-bond donors (Lipinski definition) is 1. The van der Waals surface area contributed by atoms with Crippen molar-refractivity contribution < 1.29 is 4.79 Å². The Kier molecular flexibility index (Phi) is 3.57. The van der Waals surface area contributed by atoms with E-state index in [1.165, 1.54) is 18.4 Å². The van der Waals surface area contributed by atoms with E-state index < -0.39 is 0 Å². The van der Waals surface area contributed by atoms with Crippen molar-refractivity contribution in [3.8, 4) is 0 Å². The van der Waals surface area contributed by atoms with Crippen molar-refractivity contribution in [1.29, 1.82) is 0 Å². The summed E-state index contributed by atoms with van der Waals surface area (Å²) in [6.45, 7) is 0.836. The number of rotatable bonds is 1. The van der Waals surface area contributed by atoms with Gasteiger partial charge in [-0.25, -0.2) is 4.79 Å². The van der Waals surface area contributed by atoms with E-state index in [4.69, 9.17) is 0 Å². The third-order valence-corrected chi connectivity index (χ3v) is 5.78. The van der Waals surface area contributed by atoms with Gasteiger partial charge < -0.3 is 10.2 Å². The lowest BCUT2D eigenvalue weighted by molar-refractivity contribution is 0.150. The first kappa shape index (κ1) is 14.1. The van der Waals surface area contributed by atoms with E-state index in [0.29, 0.717) is 18.1 Å². The molecule has 2 saturated heterocycles. The summed E-state index contributed by atoms with van der Waals surface area (Å²) in [5.41, 5.74) is 2.40. The van der Waals surface area contributed by atoms with Gasteiger partial charge in [-0.05, 0) is 57.2 Å². The van der Waals surface area contributed by atoms with E-state index in [1.807, 2.05) is 11.0 Å². The number of nitrogens with zero attached hydrogens (tertiary/aromatic N) is 2. The maximum Gasteiger partial charge on any atom is 0.322 e. The van der Waals surface area contributed by atoms with E-state index in [-0.39, 0.29) is 6.03 Å². The Morgan fingerprint density at radius 1 is 1.18 bits per heavy atom. The maximum absolute atomic E-state index is 12.7. The average Bonchev–Trinajstić information content (AvgIpc) is 2.75. The summed E-state index contributed by atoms with van der Waals surface area (Å²) in [6, 6.07) is 10.1. The molecule has 0 radical (unpaired) electrons. The Morgan fingerprint density at radius 2 is 1.91 bits per heavy atom. The molecule has 3 heterocycles. The number of piperidine rings is 1. The molecule has 0 aromatic heterocycles. The Morgan fingerprint density at radius 3 is 2.68 bits per heavy atom. The first-order valence-corrected chi connectivity index (χ1v) is 8.60. The minimum absolute atomic E-state index is 0.0982. The molecule has 3 aliphatic heterocycles. The van der Waals surface area contributed by atoms with Crippen LogP contribution in [0.25, 0.3) is 0 Å². The van der Waals surface area contributed by atoms with Crippen LogP contribution in [0.15, 0.2) is 24.3 Å². The van der Waals surface area contributed by atoms with Crippen LogP contribution in [0, 0.1) is 0 Å². The van der Waals surface area contributed by atoms with Crippen molar-refractivity contribution in [2.45, 2.75) is 56.7 Å². The largest absolute Gasteiger partial charge is 0.335 e. The molecular weight excluding hydrogens is 274 g/mol. The second kappa shape index (κ2) is 5.58. The molecule has 4 nitrogen and oxygen atoms in total. The monoisotopic (exact) mass is 299 g/mol. The Labute approximate surface area is 132 Å². The summed E-state index contributed by atoms with van der Waals surface area (Å²) in [6.07, 6.45) is 6.93. The van der Waals surface area contributed by atoms with Gasteiger partial charge in [-0.1, -0.05) is 18.2 Å². The van der Waals surface area contributed by atoms with Crippen molar-refractivity contribution in [2.24, 2.45) is 0 Å². The van der Waals surface area contributed by atoms with Crippen LogP contribution in [-0.4, -0.2) is 42.6 Å². The van der Waals surface area contributed by atoms with Gasteiger partial charge in [0, 0.05) is 30.4 Å². The molecule has 3 aliphatic rings. The van der Waals surface area contributed by atoms with Gasteiger partial charge in [-0.3, -0.25) is 4.90 Å². The lowest BCUT2D eigenvalue weighted by Gasteiger charge is -2.38. The van der Waals surface area contributed by atoms with E-state index >= 15 is 0 Å². The van der Waals surface area contributed by atoms with Crippen LogP contribution < -0.4 is 10.2 Å². The van der Waals surface area contributed by atoms with Crippen LogP contribution in [0.1, 0.15) is 37.7 Å². The average molecular weight is 299 g/mol. The number of anilines is 1. The number of amides is 2. The van der Waals surface area contributed by atoms with Gasteiger partial charge in [0.25, 0.3) is 0 Å². The van der Waals surface area contributed by atoms with E-state index in [9.17, 15) is 4.79 Å². The van der Waals surface area contributed by atoms with Gasteiger partial charge in [0.1, 0.15) is 0 Å². The van der Waals surface area contributed by atoms with E-state index in [2.05, 4.69) is 35.5 Å². The Bertz CT molecular complexity index is 559. The zero-order valence-corrected chi connectivity index (χ0v) is 13.3. The van der Waals surface area contributed by atoms with Crippen molar-refractivity contribution >= 4 is 11.7 Å². The van der Waals surface area contributed by atoms with Gasteiger partial charge >= 0.3 is 6.03 Å². The number of fused-ring (bicyclic) bond motifs is 3. The first-order valence-electron chi connectivity index (χ1n) is 8.60. The Hall–Kier alpha value is -1.55. The van der Waals surface area contributed by atoms with Crippen LogP contribution >= 0.6 is 0 Å². The topological polar surface area (TPSA) is 35.6 Å². The van der Waals surface area contributed by atoms with Crippen molar-refractivity contribution in [2.75, 3.05) is 18.5 Å². The number of nitrogens with one attached hydrogen (secondary N) is 1. The second-order valence-electron chi connectivity index (χ2n) is 7.05. The smallest absolute Gasteiger partial charge is 0.322 e. The predicted octanol–water partition coefficient (Wildman–Crippen LogP) is 2.77. The van der Waals surface area contributed by atoms with Gasteiger partial charge in [0.2, 0.25) is 0 Å². The van der Waals surface area contributed by atoms with Crippen molar-refractivity contribution in [3.63, 3.8) is 0 Å². The second-order valence-corrected chi connectivity index (χ2v) is 7.05. The van der Waals surface area contributed by atoms with Crippen LogP contribution in [0.5, 0.6) is 0 Å². The number of carbonyl (C=O) groups is 1. The lowest BCUT2D eigenvalue weighted by atomic mass is 9.98. The van der Waals surface area contributed by atoms with Crippen LogP contribution in [0.4, 0.5) is 10.5 Å². The van der Waals surface area contributed by atoms with Crippen molar-refractivity contribution in [3.05, 3.63) is 29.8 Å². The SMILES string of the molecule is CN1C2CCC1CC(NC(=O)N1CCCc3ccccc31)C2. The van der Waals surface area contributed by atoms with E-state index in [0.717, 1.165) is 37.9 Å². The molecule has 22 heavy (non-hydrogen) atoms. The minimum atomic E-state index is 0.0982. The molecule has 4 heteroatoms. The molecule has 1 N–H and O–H groups in total. The standard InChI is InChI=1S/C18H25N3O/c1-20-15-8-9-16(20)12-14(11-15)19-18(22)21-10-4-6-13-5-2-3-7-17(13)21/h2-3,5,7,14-16H,4,6,8-12H2,1H3,(H,19,22). The summed E-state index contributed by atoms with van der Waals surface area (Å²) in [5, 5.41) is 3.31. The first-order chi connectivity index (χ1) is 10.7. The number of urea groups is 1. The number of aryl methyl sites for hydroxylation is 1. The quantitative estimate of drug-likeness (QED) is 0.865. The zero-order valence-electron chi connectivity index (χ0n) is 13.3. The summed E-state index contributed by atoms with van der Waals surface area (Å²) < 4.78 is 0. The van der Waals surface area contributed by atoms with Gasteiger partial charge in [-0.2, -0.15) is 0 Å². The highest BCUT2D eigenvalue weighted by Crippen LogP contribution is 2.34. The fourth-order valence-electron chi connectivity index (χ4n) is 4.53. The lowest BCUT2D eigenvalue weighted by Crippen LogP contribution is -2.52. The third-order valence-electron chi connectivity index (χ3n) is 5.78. The predicted molar refractivity (Wildman–Crippen MR) is 88.2 cm³/mol. The molecule has 2 bridgehead atoms. The van der Waals surface area contributed by atoms with E-state index in [1.54, 1.807) is 0 Å². The highest BCUT2D eigenvalue weighted by molar-refractivity contribution is 5.93. The third kappa shape index (κ3) is 2.39. The molecule has 0 spiro atoms. The molecule has 0 saturated carbocycles. The molecule has 118 valence electrons. The fourth-order valence-corrected chi connectivity index (χ4v) is 4.53. The number of hydrogen-bond acceptors (Lipinski definition) is 2. The van der Waals surface area contributed by atoms with Crippen LogP contribution in [0.2, 0.25) is 0 Å². The highest BCUT2D eigenvalue weighted by atomic mass is 16.2. The van der Waals surface area contributed by atoms with Gasteiger partial charge in [-0.15, -0.1) is 0 Å². The minimum Gasteiger partial charge on any atom is -0.335 e. The molecule has 1 aromatic carbocycles. The Balaban J connectivity index is 1.45. The van der Waals surface area contributed by atoms with Crippen molar-refractivity contribution in [1.82, 2.24) is 10.2 Å². The fraction of sp³-hybridized carbons (Fsp3) is 0.611. The molecule has 2 fully saturated rings. The molecule has 2 atom stereocenters. The molecule has 4 rings (SSSR count). The number of benzene rings is 1. The number of carbonyl (C=O) groups excluding carboxylic acids is 1. The van der Waals surface area contributed by atoms with Gasteiger partial charge in [0.05, 0.1) is 0 Å². The molecule has 0 aliphatic carbocycles. The zero-order chi connectivity index (χ0) is 15.1. The summed E-state index contributed by atoms with van der Waals surface area (Å²) in [4.78, 5) is 17.2. The number of para-hydroxylation sites is 1. The molecular formula is C18H25N3O. The molecule has 2 unspecified atom stereocenters. The highest BCUT2D eigenvalue weighted by Gasteiger charge is 2.39. The van der Waals surface area contributed by atoms with Crippen LogP contribution in [0.3, 0.4) is 0 Å². The normalized spacial score (nSPS) is 31.0. The summed E-state index contributed by atoms with van der Waals surface area (Å²) >= 11 is 0. The maximum atomic E-state index is 12.7. The summed E-state index contributed by atoms with van der Waals surface area (Å²) in [5.74, 6) is 0. The van der Waals surface area contributed by atoms with Gasteiger partial charge in [0.15, 0.2) is 0 Å². The van der Waals surface area contributed by atoms with Crippen LogP contribution in [-0.2, 0) is 6.42 Å². The molecule has 1 aromatic rings. The molecule has 2 amide bonds.